The molecule has 2 heteroatoms. The maximum atomic E-state index is 4.37. The van der Waals surface area contributed by atoms with Crippen LogP contribution in [0.1, 0.15) is 11.1 Å². The van der Waals surface area contributed by atoms with Gasteiger partial charge < -0.3 is 5.32 Å². The second-order valence-corrected chi connectivity index (χ2v) is 4.88. The van der Waals surface area contributed by atoms with Crippen LogP contribution in [-0.2, 0) is 0 Å². The molecule has 2 nitrogen and oxygen atoms in total. The van der Waals surface area contributed by atoms with Crippen molar-refractivity contribution in [1.29, 1.82) is 0 Å². The number of allylic oxidation sites excluding steroid dienone is 3. The van der Waals surface area contributed by atoms with Crippen LogP contribution in [-0.4, -0.2) is 6.21 Å². The van der Waals surface area contributed by atoms with E-state index in [0.717, 1.165) is 11.4 Å². The predicted octanol–water partition coefficient (Wildman–Crippen LogP) is 5.19. The van der Waals surface area contributed by atoms with E-state index >= 15 is 0 Å². The van der Waals surface area contributed by atoms with Crippen molar-refractivity contribution in [2.75, 3.05) is 5.32 Å². The summed E-state index contributed by atoms with van der Waals surface area (Å²) in [5, 5.41) is 3.23. The lowest BCUT2D eigenvalue weighted by Crippen LogP contribution is -1.86. The Bertz CT molecular complexity index is 667. The summed E-state index contributed by atoms with van der Waals surface area (Å²) in [6, 6.07) is 16.4. The molecule has 0 unspecified atom stereocenters. The van der Waals surface area contributed by atoms with E-state index in [-0.39, 0.29) is 0 Å². The van der Waals surface area contributed by atoms with E-state index in [1.54, 1.807) is 6.21 Å². The monoisotopic (exact) mass is 276 g/mol. The Balaban J connectivity index is 1.81. The minimum Gasteiger partial charge on any atom is -0.362 e. The van der Waals surface area contributed by atoms with Crippen LogP contribution in [0, 0.1) is 13.8 Å². The Kier molecular flexibility index (Phi) is 5.53. The van der Waals surface area contributed by atoms with E-state index in [1.807, 2.05) is 48.7 Å². The van der Waals surface area contributed by atoms with Gasteiger partial charge in [-0.05, 0) is 61.4 Å². The maximum absolute atomic E-state index is 4.37. The summed E-state index contributed by atoms with van der Waals surface area (Å²) in [7, 11) is 0. The van der Waals surface area contributed by atoms with Crippen molar-refractivity contribution in [2.24, 2.45) is 4.99 Å². The highest BCUT2D eigenvalue weighted by Gasteiger charge is 1.87. The molecule has 2 aromatic carbocycles. The molecule has 2 aromatic rings. The number of aryl methyl sites for hydroxylation is 2. The van der Waals surface area contributed by atoms with Crippen molar-refractivity contribution in [1.82, 2.24) is 0 Å². The number of rotatable bonds is 5. The molecule has 0 bridgehead atoms. The third-order valence-electron chi connectivity index (χ3n) is 2.90. The first-order valence-electron chi connectivity index (χ1n) is 7.00. The Morgan fingerprint density at radius 2 is 1.62 bits per heavy atom. The molecular weight excluding hydrogens is 256 g/mol. The molecule has 21 heavy (non-hydrogen) atoms. The van der Waals surface area contributed by atoms with Gasteiger partial charge in [0, 0.05) is 18.1 Å². The van der Waals surface area contributed by atoms with Crippen LogP contribution in [0.25, 0.3) is 0 Å². The second kappa shape index (κ2) is 7.85. The van der Waals surface area contributed by atoms with E-state index in [9.17, 15) is 0 Å². The molecule has 106 valence electrons. The fourth-order valence-electron chi connectivity index (χ4n) is 1.89. The van der Waals surface area contributed by atoms with Gasteiger partial charge in [0.05, 0.1) is 5.69 Å². The lowest BCUT2D eigenvalue weighted by Gasteiger charge is -2.00. The molecule has 0 atom stereocenters. The van der Waals surface area contributed by atoms with E-state index in [2.05, 4.69) is 48.4 Å². The zero-order valence-corrected chi connectivity index (χ0v) is 12.5. The minimum absolute atomic E-state index is 0.974. The third kappa shape index (κ3) is 5.49. The average Bonchev–Trinajstić information content (AvgIpc) is 2.46. The lowest BCUT2D eigenvalue weighted by atomic mass is 10.2. The van der Waals surface area contributed by atoms with Gasteiger partial charge in [-0.15, -0.1) is 0 Å². The van der Waals surface area contributed by atoms with Crippen molar-refractivity contribution < 1.29 is 0 Å². The number of nitrogens with one attached hydrogen (secondary N) is 1. The molecule has 0 aliphatic carbocycles. The molecule has 0 saturated carbocycles. The van der Waals surface area contributed by atoms with Crippen LogP contribution in [0.15, 0.2) is 78.0 Å². The summed E-state index contributed by atoms with van der Waals surface area (Å²) in [6.45, 7) is 4.14. The van der Waals surface area contributed by atoms with E-state index in [4.69, 9.17) is 0 Å². The van der Waals surface area contributed by atoms with Crippen LogP contribution in [0.3, 0.4) is 0 Å². The third-order valence-corrected chi connectivity index (χ3v) is 2.90. The summed E-state index contributed by atoms with van der Waals surface area (Å²) in [6.07, 6.45) is 9.51. The number of nitrogens with zero attached hydrogens (tertiary/aromatic N) is 1. The first-order valence-corrected chi connectivity index (χ1v) is 7.00. The van der Waals surface area contributed by atoms with Crippen LogP contribution in [0.2, 0.25) is 0 Å². The number of hydrogen-bond acceptors (Lipinski definition) is 2. The van der Waals surface area contributed by atoms with Crippen LogP contribution >= 0.6 is 0 Å². The Morgan fingerprint density at radius 3 is 2.38 bits per heavy atom. The first-order chi connectivity index (χ1) is 10.2. The van der Waals surface area contributed by atoms with Gasteiger partial charge in [-0.1, -0.05) is 30.3 Å². The van der Waals surface area contributed by atoms with Gasteiger partial charge in [-0.2, -0.15) is 0 Å². The smallest absolute Gasteiger partial charge is 0.0632 e. The topological polar surface area (TPSA) is 24.4 Å². The molecule has 0 spiro atoms. The summed E-state index contributed by atoms with van der Waals surface area (Å²) in [5.41, 5.74) is 4.53. The lowest BCUT2D eigenvalue weighted by molar-refractivity contribution is 1.43. The standard InChI is InChI=1S/C19H20N2/c1-16-8-6-10-18(14-16)20-12-4-3-5-13-21-19-11-7-9-17(2)15-19/h3-15,20H,1-2H3. The highest BCUT2D eigenvalue weighted by molar-refractivity contribution is 5.74. The van der Waals surface area contributed by atoms with Gasteiger partial charge in [-0.25, -0.2) is 0 Å². The largest absolute Gasteiger partial charge is 0.362 e. The van der Waals surface area contributed by atoms with E-state index in [0.29, 0.717) is 0 Å². The molecule has 0 radical (unpaired) electrons. The quantitative estimate of drug-likeness (QED) is 0.590. The molecule has 0 aliphatic heterocycles. The van der Waals surface area contributed by atoms with Crippen molar-refractivity contribution >= 4 is 17.6 Å². The average molecular weight is 276 g/mol. The molecule has 0 heterocycles. The molecule has 1 N–H and O–H groups in total. The first kappa shape index (κ1) is 14.8. The number of benzene rings is 2. The minimum atomic E-state index is 0.974. The van der Waals surface area contributed by atoms with Crippen molar-refractivity contribution in [3.05, 3.63) is 84.1 Å². The Morgan fingerprint density at radius 1 is 0.857 bits per heavy atom. The normalized spacial score (nSPS) is 11.7. The predicted molar refractivity (Wildman–Crippen MR) is 92.4 cm³/mol. The molecule has 0 amide bonds. The van der Waals surface area contributed by atoms with Gasteiger partial charge >= 0.3 is 0 Å². The fraction of sp³-hybridized carbons (Fsp3) is 0.105. The van der Waals surface area contributed by atoms with Gasteiger partial charge in [-0.3, -0.25) is 4.99 Å². The highest BCUT2D eigenvalue weighted by atomic mass is 14.8. The van der Waals surface area contributed by atoms with E-state index < -0.39 is 0 Å². The highest BCUT2D eigenvalue weighted by Crippen LogP contribution is 2.12. The summed E-state index contributed by atoms with van der Waals surface area (Å²) in [4.78, 5) is 4.37. The SMILES string of the molecule is Cc1cccc(N=CC=CC=CNc2cccc(C)c2)c1. The Labute approximate surface area is 126 Å². The molecule has 2 rings (SSSR count). The second-order valence-electron chi connectivity index (χ2n) is 4.88. The number of anilines is 1. The van der Waals surface area contributed by atoms with Gasteiger partial charge in [0.15, 0.2) is 0 Å². The van der Waals surface area contributed by atoms with Gasteiger partial charge in [0.2, 0.25) is 0 Å². The zero-order valence-electron chi connectivity index (χ0n) is 12.5. The summed E-state index contributed by atoms with van der Waals surface area (Å²) >= 11 is 0. The van der Waals surface area contributed by atoms with Crippen molar-refractivity contribution in [3.63, 3.8) is 0 Å². The molecule has 0 fully saturated rings. The fourth-order valence-corrected chi connectivity index (χ4v) is 1.89. The van der Waals surface area contributed by atoms with Crippen molar-refractivity contribution in [3.8, 4) is 0 Å². The Hall–Kier alpha value is -2.61. The number of hydrogen-bond donors (Lipinski definition) is 1. The number of aliphatic imine (C=N–C) groups is 1. The van der Waals surface area contributed by atoms with E-state index in [1.165, 1.54) is 11.1 Å². The van der Waals surface area contributed by atoms with Crippen LogP contribution in [0.5, 0.6) is 0 Å². The zero-order chi connectivity index (χ0) is 14.9. The molecule has 0 saturated heterocycles. The summed E-state index contributed by atoms with van der Waals surface area (Å²) in [5.74, 6) is 0. The van der Waals surface area contributed by atoms with Crippen LogP contribution < -0.4 is 5.32 Å². The maximum Gasteiger partial charge on any atom is 0.0632 e. The van der Waals surface area contributed by atoms with Crippen molar-refractivity contribution in [2.45, 2.75) is 13.8 Å². The summed E-state index contributed by atoms with van der Waals surface area (Å²) < 4.78 is 0. The molecule has 0 aliphatic rings. The van der Waals surface area contributed by atoms with Crippen LogP contribution in [0.4, 0.5) is 11.4 Å². The van der Waals surface area contributed by atoms with Gasteiger partial charge in [0.25, 0.3) is 0 Å². The van der Waals surface area contributed by atoms with Gasteiger partial charge in [0.1, 0.15) is 0 Å². The molecule has 0 aromatic heterocycles. The molecular formula is C19H20N2.